The molecule has 0 aliphatic rings. The molecular weight excluding hydrogens is 1170 g/mol. The molecule has 2 unspecified atom stereocenters. The highest BCUT2D eigenvalue weighted by atomic mass is 16.7. The van der Waals surface area contributed by atoms with E-state index in [1.54, 1.807) is 0 Å². The number of likely N-dealkylation sites (N-methyl/N-ethyl adjacent to an activating group) is 1. The van der Waals surface area contributed by atoms with Gasteiger partial charge in [-0.3, -0.25) is 9.59 Å². The van der Waals surface area contributed by atoms with E-state index in [1.807, 2.05) is 21.1 Å². The predicted molar refractivity (Wildman–Crippen MR) is 411 cm³/mol. The molecule has 2 atom stereocenters. The lowest BCUT2D eigenvalue weighted by molar-refractivity contribution is -0.870. The molecule has 0 bridgehead atoms. The first-order valence-corrected chi connectivity index (χ1v) is 43.2. The molecule has 0 radical (unpaired) electrons. The van der Waals surface area contributed by atoms with Crippen LogP contribution in [0.1, 0.15) is 476 Å². The van der Waals surface area contributed by atoms with E-state index < -0.39 is 18.4 Å². The Morgan fingerprint density at radius 1 is 0.274 bits per heavy atom. The van der Waals surface area contributed by atoms with Crippen LogP contribution in [0.25, 0.3) is 0 Å². The Morgan fingerprint density at radius 3 is 0.674 bits per heavy atom. The van der Waals surface area contributed by atoms with Gasteiger partial charge in [-0.1, -0.05) is 450 Å². The fourth-order valence-corrected chi connectivity index (χ4v) is 13.8. The standard InChI is InChI=1S/C86H169NO8/c1-6-8-10-12-14-16-18-20-22-24-26-28-30-32-34-36-37-38-39-40-41-42-43-44-45-46-47-49-51-53-55-57-59-61-63-65-67-69-71-73-75-77-84(89)95-82(81-94-86(85(90)91)92-79-78-87(3,4)5)80-93-83(88)76-74-72-70-68-66-64-62-60-58-56-54-52-50-48-35-33-31-29-27-25-23-21-19-17-15-13-11-9-7-2/h82,86H,6-81H2,1-5H3/p+1. The van der Waals surface area contributed by atoms with E-state index in [2.05, 4.69) is 13.8 Å². The van der Waals surface area contributed by atoms with Crippen LogP contribution < -0.4 is 0 Å². The summed E-state index contributed by atoms with van der Waals surface area (Å²) < 4.78 is 23.1. The average molecular weight is 1350 g/mol. The zero-order valence-corrected chi connectivity index (χ0v) is 65.1. The second-order valence-electron chi connectivity index (χ2n) is 31.2. The van der Waals surface area contributed by atoms with E-state index in [-0.39, 0.29) is 38.2 Å². The molecule has 0 saturated heterocycles. The first kappa shape index (κ1) is 93.3. The zero-order valence-electron chi connectivity index (χ0n) is 65.1. The number of esters is 2. The number of nitrogens with zero attached hydrogens (tertiary/aromatic N) is 1. The van der Waals surface area contributed by atoms with Crippen molar-refractivity contribution in [3.05, 3.63) is 0 Å². The van der Waals surface area contributed by atoms with Gasteiger partial charge in [0.25, 0.3) is 6.29 Å². The van der Waals surface area contributed by atoms with E-state index >= 15 is 0 Å². The SMILES string of the molecule is CCCCCCCCCCCCCCCCCCCCCCCCCCCCCCCCCCCCCCCCCCCC(=O)OC(COC(=O)CCCCCCCCCCCCCCCCCCCCCCCCCCCCCCC)COC(OCC[N+](C)(C)C)C(=O)O. The van der Waals surface area contributed by atoms with Crippen molar-refractivity contribution in [1.82, 2.24) is 0 Å². The molecule has 0 aromatic heterocycles. The van der Waals surface area contributed by atoms with Gasteiger partial charge >= 0.3 is 17.9 Å². The summed E-state index contributed by atoms with van der Waals surface area (Å²) in [4.78, 5) is 37.8. The molecule has 0 saturated carbocycles. The third-order valence-corrected chi connectivity index (χ3v) is 20.4. The van der Waals surface area contributed by atoms with Gasteiger partial charge in [-0.2, -0.15) is 0 Å². The van der Waals surface area contributed by atoms with Crippen LogP contribution in [0.3, 0.4) is 0 Å². The maximum Gasteiger partial charge on any atom is 0.361 e. The Labute approximate surface area is 593 Å². The van der Waals surface area contributed by atoms with Crippen molar-refractivity contribution in [1.29, 1.82) is 0 Å². The van der Waals surface area contributed by atoms with Crippen molar-refractivity contribution in [3.63, 3.8) is 0 Å². The molecular formula is C86H170NO8+. The molecule has 1 N–H and O–H groups in total. The first-order chi connectivity index (χ1) is 46.6. The summed E-state index contributed by atoms with van der Waals surface area (Å²) >= 11 is 0. The van der Waals surface area contributed by atoms with Crippen LogP contribution in [-0.2, 0) is 33.3 Å². The van der Waals surface area contributed by atoms with E-state index in [0.29, 0.717) is 17.4 Å². The van der Waals surface area contributed by atoms with Crippen molar-refractivity contribution >= 4 is 17.9 Å². The number of unbranched alkanes of at least 4 members (excludes halogenated alkanes) is 68. The van der Waals surface area contributed by atoms with Crippen LogP contribution >= 0.6 is 0 Å². The van der Waals surface area contributed by atoms with Crippen molar-refractivity contribution < 1.29 is 42.9 Å². The molecule has 0 aromatic carbocycles. The quantitative estimate of drug-likeness (QED) is 0.0278. The lowest BCUT2D eigenvalue weighted by Gasteiger charge is -2.25. The summed E-state index contributed by atoms with van der Waals surface area (Å²) in [5.41, 5.74) is 0. The summed E-state index contributed by atoms with van der Waals surface area (Å²) in [6.07, 6.45) is 94.5. The van der Waals surface area contributed by atoms with Crippen LogP contribution in [0.2, 0.25) is 0 Å². The number of carboxylic acid groups (broad SMARTS) is 1. The minimum Gasteiger partial charge on any atom is -0.477 e. The topological polar surface area (TPSA) is 108 Å². The fourth-order valence-electron chi connectivity index (χ4n) is 13.8. The van der Waals surface area contributed by atoms with Gasteiger partial charge in [0.1, 0.15) is 13.2 Å². The van der Waals surface area contributed by atoms with E-state index in [1.165, 1.54) is 411 Å². The van der Waals surface area contributed by atoms with Crippen LogP contribution in [0.5, 0.6) is 0 Å². The number of carbonyl (C=O) groups is 3. The van der Waals surface area contributed by atoms with Crippen molar-refractivity contribution in [2.24, 2.45) is 0 Å². The minimum absolute atomic E-state index is 0.171. The van der Waals surface area contributed by atoms with Gasteiger partial charge in [0.2, 0.25) is 0 Å². The van der Waals surface area contributed by atoms with Crippen LogP contribution in [0, 0.1) is 0 Å². The van der Waals surface area contributed by atoms with Crippen molar-refractivity contribution in [2.45, 2.75) is 489 Å². The molecule has 0 fully saturated rings. The third kappa shape index (κ3) is 79.5. The summed E-state index contributed by atoms with van der Waals surface area (Å²) in [5.74, 6) is -1.96. The van der Waals surface area contributed by atoms with Gasteiger partial charge in [-0.05, 0) is 12.8 Å². The number of quaternary nitrogens is 1. The van der Waals surface area contributed by atoms with E-state index in [0.717, 1.165) is 38.5 Å². The van der Waals surface area contributed by atoms with Gasteiger partial charge in [0, 0.05) is 12.8 Å². The predicted octanol–water partition coefficient (Wildman–Crippen LogP) is 27.7. The lowest BCUT2D eigenvalue weighted by atomic mass is 10.0. The summed E-state index contributed by atoms with van der Waals surface area (Å²) in [7, 11) is 6.01. The highest BCUT2D eigenvalue weighted by Crippen LogP contribution is 2.21. The average Bonchev–Trinajstić information content (AvgIpc) is 3.54. The Bertz CT molecular complexity index is 1520. The highest BCUT2D eigenvalue weighted by Gasteiger charge is 2.25. The van der Waals surface area contributed by atoms with Crippen molar-refractivity contribution in [3.8, 4) is 0 Å². The minimum atomic E-state index is -1.51. The Morgan fingerprint density at radius 2 is 0.474 bits per heavy atom. The zero-order chi connectivity index (χ0) is 69.0. The largest absolute Gasteiger partial charge is 0.477 e. The maximum atomic E-state index is 13.0. The van der Waals surface area contributed by atoms with Gasteiger partial charge in [-0.15, -0.1) is 0 Å². The number of ether oxygens (including phenoxy) is 4. The van der Waals surface area contributed by atoms with Gasteiger partial charge in [0.15, 0.2) is 6.10 Å². The number of carbonyl (C=O) groups excluding carboxylic acids is 2. The van der Waals surface area contributed by atoms with Crippen LogP contribution in [0.4, 0.5) is 0 Å². The molecule has 95 heavy (non-hydrogen) atoms. The lowest BCUT2D eigenvalue weighted by Crippen LogP contribution is -2.40. The Balaban J connectivity index is 3.88. The summed E-state index contributed by atoms with van der Waals surface area (Å²) in [5, 5.41) is 9.78. The molecule has 9 heteroatoms. The maximum absolute atomic E-state index is 13.0. The monoisotopic (exact) mass is 1350 g/mol. The molecule has 0 heterocycles. The normalized spacial score (nSPS) is 12.5. The Kier molecular flexibility index (Phi) is 76.6. The second-order valence-corrected chi connectivity index (χ2v) is 31.2. The molecule has 0 rings (SSSR count). The van der Waals surface area contributed by atoms with Gasteiger partial charge < -0.3 is 28.5 Å². The number of carboxylic acids is 1. The number of hydrogen-bond acceptors (Lipinski definition) is 7. The number of aliphatic carboxylic acids is 1. The summed E-state index contributed by atoms with van der Waals surface area (Å²) in [6.45, 7) is 4.99. The number of hydrogen-bond donors (Lipinski definition) is 1. The molecule has 0 spiro atoms. The highest BCUT2D eigenvalue weighted by molar-refractivity contribution is 5.71. The van der Waals surface area contributed by atoms with Gasteiger partial charge in [-0.25, -0.2) is 4.79 Å². The third-order valence-electron chi connectivity index (χ3n) is 20.4. The molecule has 0 aliphatic carbocycles. The molecule has 0 aromatic rings. The van der Waals surface area contributed by atoms with E-state index in [4.69, 9.17) is 18.9 Å². The smallest absolute Gasteiger partial charge is 0.361 e. The van der Waals surface area contributed by atoms with Crippen LogP contribution in [-0.4, -0.2) is 87.4 Å². The molecule has 9 nitrogen and oxygen atoms in total. The first-order valence-electron chi connectivity index (χ1n) is 43.2. The van der Waals surface area contributed by atoms with Crippen molar-refractivity contribution in [2.75, 3.05) is 47.5 Å². The molecule has 0 aliphatic heterocycles. The molecule has 566 valence electrons. The van der Waals surface area contributed by atoms with E-state index in [9.17, 15) is 19.5 Å². The van der Waals surface area contributed by atoms with Crippen LogP contribution in [0.15, 0.2) is 0 Å². The Hall–Kier alpha value is -1.71. The summed E-state index contributed by atoms with van der Waals surface area (Å²) in [6, 6.07) is 0. The molecule has 0 amide bonds. The fraction of sp³-hybridized carbons (Fsp3) is 0.965. The van der Waals surface area contributed by atoms with Gasteiger partial charge in [0.05, 0.1) is 34.4 Å². The number of rotatable bonds is 83. The second kappa shape index (κ2) is 78.0.